The third kappa shape index (κ3) is 9.93. The van der Waals surface area contributed by atoms with E-state index < -0.39 is 53.9 Å². The van der Waals surface area contributed by atoms with Crippen molar-refractivity contribution in [3.63, 3.8) is 0 Å². The predicted octanol–water partition coefficient (Wildman–Crippen LogP) is 5.22. The fourth-order valence-corrected chi connectivity index (χ4v) is 5.48. The van der Waals surface area contributed by atoms with Crippen LogP contribution in [-0.2, 0) is 10.2 Å². The van der Waals surface area contributed by atoms with Crippen LogP contribution in [0.3, 0.4) is 0 Å². The molecule has 1 aliphatic heterocycles. The van der Waals surface area contributed by atoms with Gasteiger partial charge in [0.2, 0.25) is 0 Å². The molecule has 0 amide bonds. The molecule has 5 N–H and O–H groups in total. The van der Waals surface area contributed by atoms with Gasteiger partial charge in [-0.2, -0.15) is 0 Å². The van der Waals surface area contributed by atoms with Crippen LogP contribution in [0.5, 0.6) is 5.75 Å². The fraction of sp³-hybridized carbons (Fsp3) is 0.667. The van der Waals surface area contributed by atoms with Crippen molar-refractivity contribution in [2.24, 2.45) is 11.8 Å². The molecule has 0 radical (unpaired) electrons. The molecule has 1 fully saturated rings. The van der Waals surface area contributed by atoms with Crippen LogP contribution in [0, 0.1) is 11.8 Å². The van der Waals surface area contributed by atoms with Crippen molar-refractivity contribution in [1.82, 2.24) is 0 Å². The first-order chi connectivity index (χ1) is 19.2. The summed E-state index contributed by atoms with van der Waals surface area (Å²) in [5.41, 5.74) is -0.272. The molecule has 3 unspecified atom stereocenters. The number of aromatic hydroxyl groups is 1. The Morgan fingerprint density at radius 3 is 2.46 bits per heavy atom. The fourth-order valence-electron chi connectivity index (χ4n) is 5.48. The Morgan fingerprint density at radius 1 is 1.17 bits per heavy atom. The normalized spacial score (nSPS) is 25.0. The summed E-state index contributed by atoms with van der Waals surface area (Å²) in [5.74, 6) is 0.729. The van der Waals surface area contributed by atoms with E-state index in [0.29, 0.717) is 11.8 Å². The van der Waals surface area contributed by atoms with Crippen LogP contribution in [0.1, 0.15) is 104 Å². The maximum absolute atomic E-state index is 12.9. The van der Waals surface area contributed by atoms with Crippen molar-refractivity contribution in [3.05, 3.63) is 63.3 Å². The molecule has 2 heterocycles. The molecule has 0 saturated carbocycles. The van der Waals surface area contributed by atoms with E-state index in [1.54, 1.807) is 19.9 Å². The highest BCUT2D eigenvalue weighted by Gasteiger charge is 2.41. The number of rotatable bonds is 14. The van der Waals surface area contributed by atoms with Gasteiger partial charge in [0, 0.05) is 12.5 Å². The predicted molar refractivity (Wildman–Crippen MR) is 161 cm³/mol. The summed E-state index contributed by atoms with van der Waals surface area (Å²) in [6.07, 6.45) is 8.06. The third-order valence-electron chi connectivity index (χ3n) is 8.00. The second-order valence-corrected chi connectivity index (χ2v) is 12.5. The molecule has 1 aromatic rings. The molecule has 0 aliphatic carbocycles. The lowest BCUT2D eigenvalue weighted by molar-refractivity contribution is -0.180. The number of ether oxygens (including phenoxy) is 1. The highest BCUT2D eigenvalue weighted by molar-refractivity contribution is 5.36. The largest absolute Gasteiger partial charge is 0.507 e. The van der Waals surface area contributed by atoms with Crippen LogP contribution in [0.15, 0.2) is 50.7 Å². The maximum Gasteiger partial charge on any atom is 0.345 e. The summed E-state index contributed by atoms with van der Waals surface area (Å²) in [7, 11) is 0. The molecule has 41 heavy (non-hydrogen) atoms. The lowest BCUT2D eigenvalue weighted by atomic mass is 9.82. The summed E-state index contributed by atoms with van der Waals surface area (Å²) in [6.45, 7) is 13.8. The van der Waals surface area contributed by atoms with Gasteiger partial charge in [0.15, 0.2) is 0 Å². The molecule has 1 aromatic heterocycles. The van der Waals surface area contributed by atoms with Gasteiger partial charge in [-0.3, -0.25) is 0 Å². The molecule has 2 rings (SSSR count). The van der Waals surface area contributed by atoms with Crippen molar-refractivity contribution in [1.29, 1.82) is 0 Å². The van der Waals surface area contributed by atoms with Crippen LogP contribution < -0.4 is 5.63 Å². The topological polar surface area (TPSA) is 141 Å². The lowest BCUT2D eigenvalue weighted by Gasteiger charge is -2.36. The van der Waals surface area contributed by atoms with E-state index in [9.17, 15) is 30.3 Å². The summed E-state index contributed by atoms with van der Waals surface area (Å²) >= 11 is 0. The molecule has 0 aromatic carbocycles. The van der Waals surface area contributed by atoms with Crippen molar-refractivity contribution in [2.75, 3.05) is 6.61 Å². The molecule has 232 valence electrons. The number of aliphatic hydroxyl groups is 4. The molecule has 7 atom stereocenters. The highest BCUT2D eigenvalue weighted by Crippen LogP contribution is 2.37. The monoisotopic (exact) mass is 576 g/mol. The van der Waals surface area contributed by atoms with Crippen LogP contribution >= 0.6 is 0 Å². The molecule has 8 heteroatoms. The number of hydrogen-bond acceptors (Lipinski definition) is 8. The van der Waals surface area contributed by atoms with Crippen molar-refractivity contribution in [3.8, 4) is 5.75 Å². The minimum absolute atomic E-state index is 0.00949. The summed E-state index contributed by atoms with van der Waals surface area (Å²) in [4.78, 5) is 12.9. The summed E-state index contributed by atoms with van der Waals surface area (Å²) < 4.78 is 11.0. The van der Waals surface area contributed by atoms with Gasteiger partial charge in [0.05, 0.1) is 30.3 Å². The zero-order valence-corrected chi connectivity index (χ0v) is 25.8. The zero-order valence-electron chi connectivity index (χ0n) is 25.8. The van der Waals surface area contributed by atoms with E-state index >= 15 is 0 Å². The van der Waals surface area contributed by atoms with Gasteiger partial charge < -0.3 is 34.7 Å². The molecule has 0 bridgehead atoms. The summed E-state index contributed by atoms with van der Waals surface area (Å²) in [6, 6.07) is 1.22. The second kappa shape index (κ2) is 15.8. The maximum atomic E-state index is 12.9. The van der Waals surface area contributed by atoms with Gasteiger partial charge >= 0.3 is 5.63 Å². The molecule has 0 spiro atoms. The van der Waals surface area contributed by atoms with E-state index in [2.05, 4.69) is 39.8 Å². The minimum atomic E-state index is -1.48. The van der Waals surface area contributed by atoms with E-state index in [4.69, 9.17) is 9.15 Å². The van der Waals surface area contributed by atoms with Crippen LogP contribution in [-0.4, -0.2) is 56.6 Å². The quantitative estimate of drug-likeness (QED) is 0.150. The van der Waals surface area contributed by atoms with Gasteiger partial charge in [-0.1, -0.05) is 81.9 Å². The zero-order chi connectivity index (χ0) is 30.9. The molecular weight excluding hydrogens is 524 g/mol. The smallest absolute Gasteiger partial charge is 0.345 e. The van der Waals surface area contributed by atoms with E-state index in [-0.39, 0.29) is 17.7 Å². The molecular formula is C33H52O8. The van der Waals surface area contributed by atoms with Gasteiger partial charge in [-0.25, -0.2) is 4.79 Å². The second-order valence-electron chi connectivity index (χ2n) is 12.5. The minimum Gasteiger partial charge on any atom is -0.507 e. The standard InChI is InChI=1S/C33H52O8/c1-8-9-10-11-20(2)14-22(4)16-23(5)15-21(3)12-13-27(37)33(6,7)28-18-25(35)29(32(39)41-28)31-30(38)26(36)17-24(19-34)40-31/h12-13,15-16,18,20,22,24,26-27,30-31,34-38H,8-11,14,17,19H2,1-7H3/b13-12+,21-15+,23-16+/t20?,22?,24-,26-,27?,30+,31-/m0/s1. The molecule has 8 nitrogen and oxygen atoms in total. The lowest BCUT2D eigenvalue weighted by Crippen LogP contribution is -2.46. The van der Waals surface area contributed by atoms with E-state index in [0.717, 1.165) is 17.6 Å². The van der Waals surface area contributed by atoms with Gasteiger partial charge in [-0.15, -0.1) is 0 Å². The number of aliphatic hydroxyl groups excluding tert-OH is 4. The Bertz CT molecular complexity index is 1110. The number of unbranched alkanes of at least 4 members (excludes halogenated alkanes) is 2. The van der Waals surface area contributed by atoms with Crippen molar-refractivity contribution in [2.45, 2.75) is 123 Å². The van der Waals surface area contributed by atoms with Crippen molar-refractivity contribution >= 4 is 0 Å². The third-order valence-corrected chi connectivity index (χ3v) is 8.00. The first-order valence-electron chi connectivity index (χ1n) is 14.9. The average molecular weight is 577 g/mol. The number of hydrogen-bond donors (Lipinski definition) is 5. The highest BCUT2D eigenvalue weighted by atomic mass is 16.5. The number of allylic oxidation sites excluding steroid dienone is 5. The first kappa shape index (κ1) is 35.0. The van der Waals surface area contributed by atoms with Gasteiger partial charge in [0.1, 0.15) is 29.3 Å². The average Bonchev–Trinajstić information content (AvgIpc) is 2.88. The Morgan fingerprint density at radius 2 is 1.85 bits per heavy atom. The summed E-state index contributed by atoms with van der Waals surface area (Å²) in [5, 5.41) is 51.6. The van der Waals surface area contributed by atoms with Crippen LogP contribution in [0.2, 0.25) is 0 Å². The molecule has 1 aliphatic rings. The van der Waals surface area contributed by atoms with Gasteiger partial charge in [0.25, 0.3) is 0 Å². The SMILES string of the molecule is CCCCCC(C)CC(C)/C=C(C)/C=C(C)/C=C/C(O)C(C)(C)c1cc(O)c([C@@H]2O[C@H](CO)C[C@H](O)[C@H]2O)c(=O)o1. The van der Waals surface area contributed by atoms with Crippen molar-refractivity contribution < 1.29 is 34.7 Å². The van der Waals surface area contributed by atoms with Crippen LogP contribution in [0.25, 0.3) is 0 Å². The van der Waals surface area contributed by atoms with E-state index in [1.165, 1.54) is 31.7 Å². The van der Waals surface area contributed by atoms with Gasteiger partial charge in [-0.05, 0) is 46.0 Å². The Hall–Kier alpha value is -2.23. The van der Waals surface area contributed by atoms with Crippen LogP contribution in [0.4, 0.5) is 0 Å². The molecule has 1 saturated heterocycles. The Labute approximate surface area is 245 Å². The Balaban J connectivity index is 2.14. The van der Waals surface area contributed by atoms with E-state index in [1.807, 2.05) is 13.0 Å². The first-order valence-corrected chi connectivity index (χ1v) is 14.9. The Kier molecular flexibility index (Phi) is 13.5.